The maximum atomic E-state index is 10.9. The molecule has 0 aliphatic heterocycles. The zero-order chi connectivity index (χ0) is 31.8. The summed E-state index contributed by atoms with van der Waals surface area (Å²) in [5.41, 5.74) is 4.53. The van der Waals surface area contributed by atoms with Gasteiger partial charge in [-0.3, -0.25) is 4.85 Å². The third-order valence-electron chi connectivity index (χ3n) is 4.95. The molecule has 4 aromatic carbocycles. The molecule has 0 spiro atoms. The molecule has 0 saturated carbocycles. The Bertz CT molecular complexity index is 1420. The number of carbonyl (C=O) groups excluding carboxylic acids is 1. The van der Waals surface area contributed by atoms with Gasteiger partial charge in [0.1, 0.15) is 22.5 Å². The summed E-state index contributed by atoms with van der Waals surface area (Å²) in [5.74, 6) is 0.169. The summed E-state index contributed by atoms with van der Waals surface area (Å²) >= 11 is 0. The summed E-state index contributed by atoms with van der Waals surface area (Å²) in [5, 5.41) is 18.3. The SMILES string of the molecule is CC.CC.CC.CC.Oc1ccccc1-n1nc2ccccc2n1.[C-]#[N+]C([C-]=O)=C(c1ccccc1)c1ccccc1.[CH3-].[CH3-].[CH3-].[Y].[Y]. The number of hydrogen-bond acceptors (Lipinski definition) is 4. The molecule has 1 aromatic heterocycles. The minimum absolute atomic E-state index is 0. The molecule has 1 N–H and O–H groups in total. The molecule has 1 heterocycles. The molecule has 6 nitrogen and oxygen atoms in total. The van der Waals surface area contributed by atoms with Gasteiger partial charge >= 0.3 is 0 Å². The van der Waals surface area contributed by atoms with Gasteiger partial charge in [-0.05, 0) is 30.6 Å². The van der Waals surface area contributed by atoms with Gasteiger partial charge in [0.2, 0.25) is 0 Å². The molecule has 5 rings (SSSR count). The van der Waals surface area contributed by atoms with E-state index in [-0.39, 0.29) is 99.1 Å². The Morgan fingerprint density at radius 1 is 0.617 bits per heavy atom. The number of rotatable bonds is 4. The molecule has 0 amide bonds. The molecule has 250 valence electrons. The zero-order valence-corrected chi connectivity index (χ0v) is 35.9. The maximum Gasteiger partial charge on any atom is 0.143 e. The Balaban J connectivity index is -0.000000136. The van der Waals surface area contributed by atoms with E-state index in [1.54, 1.807) is 24.5 Å². The van der Waals surface area contributed by atoms with Gasteiger partial charge in [-0.2, -0.15) is 5.57 Å². The van der Waals surface area contributed by atoms with Crippen LogP contribution in [0.15, 0.2) is 115 Å². The first-order valence-corrected chi connectivity index (χ1v) is 14.4. The third kappa shape index (κ3) is 18.3. The minimum atomic E-state index is 0. The van der Waals surface area contributed by atoms with Gasteiger partial charge < -0.3 is 32.2 Å². The number of phenolic OH excluding ortho intramolecular Hbond substituents is 1. The first-order chi connectivity index (χ1) is 20.7. The van der Waals surface area contributed by atoms with E-state index in [2.05, 4.69) is 15.0 Å². The molecule has 0 bridgehead atoms. The molecule has 0 aliphatic carbocycles. The summed E-state index contributed by atoms with van der Waals surface area (Å²) in [4.78, 5) is 15.6. The Labute approximate surface area is 336 Å². The van der Waals surface area contributed by atoms with Crippen molar-refractivity contribution in [3.8, 4) is 11.4 Å². The largest absolute Gasteiger partial charge is 0.506 e. The van der Waals surface area contributed by atoms with Gasteiger partial charge in [0.15, 0.2) is 0 Å². The second-order valence-corrected chi connectivity index (χ2v) is 7.14. The average molecular weight is 787 g/mol. The number of allylic oxidation sites excluding steroid dienone is 1. The predicted octanol–water partition coefficient (Wildman–Crippen LogP) is 11.1. The average Bonchev–Trinajstić information content (AvgIpc) is 3.53. The number of nitrogens with zero attached hydrogens (tertiary/aromatic N) is 4. The van der Waals surface area contributed by atoms with Gasteiger partial charge in [-0.25, -0.2) is 0 Å². The maximum absolute atomic E-state index is 10.9. The third-order valence-corrected chi connectivity index (χ3v) is 4.95. The second-order valence-electron chi connectivity index (χ2n) is 7.14. The first-order valence-electron chi connectivity index (χ1n) is 14.4. The van der Waals surface area contributed by atoms with Gasteiger partial charge in [-0.1, -0.05) is 140 Å². The molecule has 0 aliphatic rings. The van der Waals surface area contributed by atoms with Gasteiger partial charge in [-0.15, -0.1) is 26.1 Å². The number of fused-ring (bicyclic) bond motifs is 1. The van der Waals surface area contributed by atoms with Crippen LogP contribution < -0.4 is 0 Å². The standard InChI is InChI=1S/C16H10NO.C12H9N3O.4C2H6.3CH3.2Y/c1-17-15(12-18)16(13-8-4-2-5-9-13)14-10-6-3-7-11-14;16-12-8-4-3-7-11(12)15-13-9-5-1-2-6-10(9)14-15;4*1-2;;;;;/h2-11H;1-8,16H;4*1-2H3;3*1H3;;/q-1;;;;;;3*-1;;. The van der Waals surface area contributed by atoms with Crippen LogP contribution in [0.2, 0.25) is 0 Å². The molecule has 0 fully saturated rings. The van der Waals surface area contributed by atoms with E-state index in [9.17, 15) is 9.90 Å². The molecular formula is C39H52N4O2Y2-4. The number of aromatic hydroxyl groups is 1. The van der Waals surface area contributed by atoms with Crippen LogP contribution in [0.1, 0.15) is 66.5 Å². The van der Waals surface area contributed by atoms with E-state index in [0.717, 1.165) is 22.2 Å². The van der Waals surface area contributed by atoms with Crippen LogP contribution in [-0.2, 0) is 70.2 Å². The quantitative estimate of drug-likeness (QED) is 0.145. The van der Waals surface area contributed by atoms with Gasteiger partial charge in [0.25, 0.3) is 0 Å². The summed E-state index contributed by atoms with van der Waals surface area (Å²) in [6.45, 7) is 23.1. The van der Waals surface area contributed by atoms with E-state index < -0.39 is 0 Å². The topological polar surface area (TPSA) is 72.4 Å². The smallest absolute Gasteiger partial charge is 0.143 e. The van der Waals surface area contributed by atoms with Crippen molar-refractivity contribution in [2.75, 3.05) is 0 Å². The van der Waals surface area contributed by atoms with E-state index in [1.807, 2.05) is 146 Å². The van der Waals surface area contributed by atoms with Crippen molar-refractivity contribution < 1.29 is 75.3 Å². The number of hydrogen-bond donors (Lipinski definition) is 1. The van der Waals surface area contributed by atoms with Crippen molar-refractivity contribution in [1.82, 2.24) is 15.0 Å². The first kappa shape index (κ1) is 56.5. The van der Waals surface area contributed by atoms with Crippen LogP contribution in [-0.4, -0.2) is 26.4 Å². The monoisotopic (exact) mass is 786 g/mol. The van der Waals surface area contributed by atoms with Crippen molar-refractivity contribution >= 4 is 22.9 Å². The fourth-order valence-corrected chi connectivity index (χ4v) is 3.38. The van der Waals surface area contributed by atoms with E-state index in [1.165, 1.54) is 4.80 Å². The van der Waals surface area contributed by atoms with E-state index >= 15 is 0 Å². The van der Waals surface area contributed by atoms with Crippen LogP contribution >= 0.6 is 0 Å². The molecule has 0 atom stereocenters. The fraction of sp³-hybridized carbons (Fsp3) is 0.205. The van der Waals surface area contributed by atoms with E-state index in [0.29, 0.717) is 11.3 Å². The van der Waals surface area contributed by atoms with Crippen molar-refractivity contribution in [3.63, 3.8) is 0 Å². The van der Waals surface area contributed by atoms with Crippen LogP contribution in [0.5, 0.6) is 5.75 Å². The molecular weight excluding hydrogens is 734 g/mol. The van der Waals surface area contributed by atoms with Crippen LogP contribution in [0, 0.1) is 28.9 Å². The summed E-state index contributed by atoms with van der Waals surface area (Å²) in [7, 11) is 0. The summed E-state index contributed by atoms with van der Waals surface area (Å²) in [6.07, 6.45) is 1.72. The molecule has 2 radical (unpaired) electrons. The molecule has 8 heteroatoms. The fourth-order valence-electron chi connectivity index (χ4n) is 3.38. The number of aromatic nitrogens is 3. The summed E-state index contributed by atoms with van der Waals surface area (Å²) in [6, 6.07) is 33.4. The Kier molecular flexibility index (Phi) is 43.3. The normalized spacial score (nSPS) is 7.72. The van der Waals surface area contributed by atoms with E-state index in [4.69, 9.17) is 6.57 Å². The summed E-state index contributed by atoms with van der Waals surface area (Å²) < 4.78 is 0. The van der Waals surface area contributed by atoms with Crippen molar-refractivity contribution in [1.29, 1.82) is 0 Å². The van der Waals surface area contributed by atoms with Crippen molar-refractivity contribution in [2.24, 2.45) is 0 Å². The number of phenols is 1. The predicted molar refractivity (Wildman–Crippen MR) is 196 cm³/mol. The molecule has 0 unspecified atom stereocenters. The Morgan fingerprint density at radius 2 is 0.957 bits per heavy atom. The number of benzene rings is 4. The van der Waals surface area contributed by atoms with Crippen LogP contribution in [0.25, 0.3) is 27.1 Å². The van der Waals surface area contributed by atoms with Crippen molar-refractivity contribution in [3.05, 3.63) is 160 Å². The second kappa shape index (κ2) is 36.0. The minimum Gasteiger partial charge on any atom is -0.506 e. The van der Waals surface area contributed by atoms with Gasteiger partial charge in [0, 0.05) is 65.4 Å². The Hall–Kier alpha value is -2.81. The van der Waals surface area contributed by atoms with Crippen molar-refractivity contribution in [2.45, 2.75) is 55.4 Å². The molecule has 0 saturated heterocycles. The van der Waals surface area contributed by atoms with Crippen LogP contribution in [0.4, 0.5) is 0 Å². The number of para-hydroxylation sites is 2. The van der Waals surface area contributed by atoms with Gasteiger partial charge in [0.05, 0.1) is 12.3 Å². The Morgan fingerprint density at radius 3 is 1.30 bits per heavy atom. The molecule has 47 heavy (non-hydrogen) atoms. The molecule has 5 aromatic rings. The van der Waals surface area contributed by atoms with Crippen LogP contribution in [0.3, 0.4) is 0 Å². The zero-order valence-electron chi connectivity index (χ0n) is 30.2.